The van der Waals surface area contributed by atoms with Gasteiger partial charge < -0.3 is 14.8 Å². The fraction of sp³-hybridized carbons (Fsp3) is 0.533. The topological polar surface area (TPSA) is 90.7 Å². The predicted octanol–water partition coefficient (Wildman–Crippen LogP) is 3.93. The number of carbonyl (C=O) groups is 1. The molecule has 7 nitrogen and oxygen atoms in total. The van der Waals surface area contributed by atoms with Crippen molar-refractivity contribution in [2.45, 2.75) is 44.8 Å². The van der Waals surface area contributed by atoms with Crippen LogP contribution in [0.2, 0.25) is 0 Å². The second-order valence-corrected chi connectivity index (χ2v) is 7.55. The summed E-state index contributed by atoms with van der Waals surface area (Å²) in [5.41, 5.74) is -1.59. The lowest BCUT2D eigenvalue weighted by Gasteiger charge is -2.23. The quantitative estimate of drug-likeness (QED) is 0.592. The average Bonchev–Trinajstić information content (AvgIpc) is 3.14. The van der Waals surface area contributed by atoms with Gasteiger partial charge >= 0.3 is 6.09 Å². The van der Waals surface area contributed by atoms with Crippen molar-refractivity contribution in [1.29, 1.82) is 0 Å². The average molecular weight is 405 g/mol. The van der Waals surface area contributed by atoms with Gasteiger partial charge in [0.1, 0.15) is 12.2 Å². The van der Waals surface area contributed by atoms with E-state index in [4.69, 9.17) is 9.47 Å². The Kier molecular flexibility index (Phi) is 5.03. The Bertz CT molecular complexity index is 647. The number of hydrogen-bond donors (Lipinski definition) is 1. The zero-order valence-corrected chi connectivity index (χ0v) is 15.1. The van der Waals surface area contributed by atoms with E-state index in [1.165, 1.54) is 6.07 Å². The standard InChI is InChI=1S/C15H18BrFN2O5/c1-14(2,3)24-13(20)18-15(4-5-15)8-23-12-10(16)6-9(19(21)22)7-11(12)17/h6-7H,4-5,8H2,1-3H3,(H,18,20). The Morgan fingerprint density at radius 2 is 2.08 bits per heavy atom. The molecule has 1 amide bonds. The van der Waals surface area contributed by atoms with Crippen molar-refractivity contribution in [3.63, 3.8) is 0 Å². The molecule has 0 radical (unpaired) electrons. The van der Waals surface area contributed by atoms with Crippen LogP contribution in [0.1, 0.15) is 33.6 Å². The summed E-state index contributed by atoms with van der Waals surface area (Å²) in [6.45, 7) is 5.31. The van der Waals surface area contributed by atoms with Crippen LogP contribution in [0.3, 0.4) is 0 Å². The number of halogens is 2. The van der Waals surface area contributed by atoms with Gasteiger partial charge in [0, 0.05) is 6.07 Å². The lowest BCUT2D eigenvalue weighted by molar-refractivity contribution is -0.385. The van der Waals surface area contributed by atoms with E-state index in [9.17, 15) is 19.3 Å². The summed E-state index contributed by atoms with van der Waals surface area (Å²) in [4.78, 5) is 21.8. The highest BCUT2D eigenvalue weighted by molar-refractivity contribution is 9.10. The number of hydrogen-bond acceptors (Lipinski definition) is 5. The number of nitro groups is 1. The maximum absolute atomic E-state index is 14.0. The molecule has 132 valence electrons. The molecule has 1 N–H and O–H groups in total. The molecule has 0 aliphatic heterocycles. The predicted molar refractivity (Wildman–Crippen MR) is 87.6 cm³/mol. The zero-order valence-electron chi connectivity index (χ0n) is 13.5. The number of amides is 1. The Labute approximate surface area is 146 Å². The van der Waals surface area contributed by atoms with Crippen LogP contribution in [0.25, 0.3) is 0 Å². The molecule has 1 aromatic rings. The van der Waals surface area contributed by atoms with Crippen LogP contribution < -0.4 is 10.1 Å². The number of nitrogens with zero attached hydrogens (tertiary/aromatic N) is 1. The molecule has 0 bridgehead atoms. The number of non-ortho nitro benzene ring substituents is 1. The number of rotatable bonds is 5. The van der Waals surface area contributed by atoms with Crippen LogP contribution in [0, 0.1) is 15.9 Å². The molecule has 0 aromatic heterocycles. The lowest BCUT2D eigenvalue weighted by atomic mass is 10.2. The first-order valence-corrected chi connectivity index (χ1v) is 8.08. The highest BCUT2D eigenvalue weighted by Crippen LogP contribution is 2.38. The van der Waals surface area contributed by atoms with Crippen molar-refractivity contribution in [3.05, 3.63) is 32.5 Å². The third kappa shape index (κ3) is 4.80. The number of benzene rings is 1. The van der Waals surface area contributed by atoms with Gasteiger partial charge in [0.25, 0.3) is 5.69 Å². The van der Waals surface area contributed by atoms with Gasteiger partial charge in [-0.25, -0.2) is 9.18 Å². The molecule has 0 heterocycles. The first-order valence-electron chi connectivity index (χ1n) is 7.29. The van der Waals surface area contributed by atoms with Crippen LogP contribution in [0.15, 0.2) is 16.6 Å². The third-order valence-corrected chi connectivity index (χ3v) is 3.90. The second kappa shape index (κ2) is 6.54. The fourth-order valence-electron chi connectivity index (χ4n) is 1.98. The number of nitro benzene ring substituents is 1. The maximum Gasteiger partial charge on any atom is 0.408 e. The van der Waals surface area contributed by atoms with Gasteiger partial charge in [0.05, 0.1) is 21.0 Å². The molecule has 1 aromatic carbocycles. The zero-order chi connectivity index (χ0) is 18.1. The molecule has 1 aliphatic carbocycles. The summed E-state index contributed by atoms with van der Waals surface area (Å²) in [5.74, 6) is -0.970. The minimum absolute atomic E-state index is 0.0412. The monoisotopic (exact) mass is 404 g/mol. The van der Waals surface area contributed by atoms with Gasteiger partial charge in [-0.3, -0.25) is 10.1 Å². The van der Waals surface area contributed by atoms with Gasteiger partial charge in [-0.05, 0) is 49.5 Å². The van der Waals surface area contributed by atoms with E-state index in [1.807, 2.05) is 0 Å². The third-order valence-electron chi connectivity index (χ3n) is 3.31. The Balaban J connectivity index is 2.01. The molecule has 9 heteroatoms. The summed E-state index contributed by atoms with van der Waals surface area (Å²) in [5, 5.41) is 13.4. The van der Waals surface area contributed by atoms with E-state index in [-0.39, 0.29) is 22.5 Å². The number of carbonyl (C=O) groups excluding carboxylic acids is 1. The normalized spacial score (nSPS) is 15.5. The van der Waals surface area contributed by atoms with Crippen molar-refractivity contribution >= 4 is 27.7 Å². The second-order valence-electron chi connectivity index (χ2n) is 6.69. The van der Waals surface area contributed by atoms with Gasteiger partial charge in [-0.1, -0.05) is 0 Å². The fourth-order valence-corrected chi connectivity index (χ4v) is 2.51. The molecule has 1 fully saturated rings. The van der Waals surface area contributed by atoms with Gasteiger partial charge in [-0.15, -0.1) is 0 Å². The smallest absolute Gasteiger partial charge is 0.408 e. The Morgan fingerprint density at radius 1 is 1.46 bits per heavy atom. The summed E-state index contributed by atoms with van der Waals surface area (Å²) >= 11 is 3.06. The highest BCUT2D eigenvalue weighted by atomic mass is 79.9. The van der Waals surface area contributed by atoms with Gasteiger partial charge in [0.2, 0.25) is 0 Å². The van der Waals surface area contributed by atoms with Crippen LogP contribution >= 0.6 is 15.9 Å². The Hall–Kier alpha value is -1.90. The SMILES string of the molecule is CC(C)(C)OC(=O)NC1(COc2c(F)cc([N+](=O)[O-])cc2Br)CC1. The lowest BCUT2D eigenvalue weighted by Crippen LogP contribution is -2.44. The first kappa shape index (κ1) is 18.4. The minimum Gasteiger partial charge on any atom is -0.487 e. The van der Waals surface area contributed by atoms with Gasteiger partial charge in [-0.2, -0.15) is 0 Å². The Morgan fingerprint density at radius 3 is 2.54 bits per heavy atom. The molecular weight excluding hydrogens is 387 g/mol. The molecular formula is C15H18BrFN2O5. The van der Waals surface area contributed by atoms with E-state index in [2.05, 4.69) is 21.2 Å². The molecule has 0 atom stereocenters. The highest BCUT2D eigenvalue weighted by Gasteiger charge is 2.46. The number of ether oxygens (including phenoxy) is 2. The van der Waals surface area contributed by atoms with E-state index in [0.717, 1.165) is 6.07 Å². The molecule has 0 spiro atoms. The molecule has 2 rings (SSSR count). The largest absolute Gasteiger partial charge is 0.487 e. The van der Waals surface area contributed by atoms with Crippen molar-refractivity contribution in [3.8, 4) is 5.75 Å². The van der Waals surface area contributed by atoms with Crippen molar-refractivity contribution in [1.82, 2.24) is 5.32 Å². The minimum atomic E-state index is -0.843. The summed E-state index contributed by atoms with van der Waals surface area (Å²) in [6, 6.07) is 1.96. The number of nitrogens with one attached hydrogen (secondary N) is 1. The van der Waals surface area contributed by atoms with Crippen molar-refractivity contribution in [2.24, 2.45) is 0 Å². The van der Waals surface area contributed by atoms with Crippen LogP contribution in [-0.4, -0.2) is 28.8 Å². The summed E-state index contributed by atoms with van der Waals surface area (Å²) in [7, 11) is 0. The van der Waals surface area contributed by atoms with Crippen LogP contribution in [0.4, 0.5) is 14.9 Å². The van der Waals surface area contributed by atoms with E-state index >= 15 is 0 Å². The van der Waals surface area contributed by atoms with Crippen molar-refractivity contribution in [2.75, 3.05) is 6.61 Å². The van der Waals surface area contributed by atoms with E-state index in [1.54, 1.807) is 20.8 Å². The van der Waals surface area contributed by atoms with E-state index in [0.29, 0.717) is 12.8 Å². The molecule has 1 aliphatic rings. The molecule has 1 saturated carbocycles. The van der Waals surface area contributed by atoms with Gasteiger partial charge in [0.15, 0.2) is 11.6 Å². The van der Waals surface area contributed by atoms with Crippen molar-refractivity contribution < 1.29 is 23.6 Å². The van der Waals surface area contributed by atoms with Crippen LogP contribution in [0.5, 0.6) is 5.75 Å². The molecule has 24 heavy (non-hydrogen) atoms. The first-order chi connectivity index (χ1) is 11.0. The molecule has 0 unspecified atom stereocenters. The van der Waals surface area contributed by atoms with Crippen LogP contribution in [-0.2, 0) is 4.74 Å². The molecule has 0 saturated heterocycles. The number of alkyl carbamates (subject to hydrolysis) is 1. The summed E-state index contributed by atoms with van der Waals surface area (Å²) in [6.07, 6.45) is 0.795. The summed E-state index contributed by atoms with van der Waals surface area (Å²) < 4.78 is 24.8. The maximum atomic E-state index is 14.0. The van der Waals surface area contributed by atoms with E-state index < -0.39 is 28.0 Å².